The first-order valence-electron chi connectivity index (χ1n) is 3.15. The van der Waals surface area contributed by atoms with E-state index in [1.54, 1.807) is 13.0 Å². The van der Waals surface area contributed by atoms with E-state index in [-0.39, 0.29) is 6.42 Å². The summed E-state index contributed by atoms with van der Waals surface area (Å²) >= 11 is 0. The van der Waals surface area contributed by atoms with Gasteiger partial charge in [0, 0.05) is 6.42 Å². The van der Waals surface area contributed by atoms with Gasteiger partial charge in [0.1, 0.15) is 0 Å². The lowest BCUT2D eigenvalue weighted by Crippen LogP contribution is -2.09. The Morgan fingerprint density at radius 3 is 2.20 bits per heavy atom. The lowest BCUT2D eigenvalue weighted by molar-refractivity contribution is 0.0235. The fraction of sp³-hybridized carbons (Fsp3) is 0.500. The fourth-order valence-corrected chi connectivity index (χ4v) is 0.651. The van der Waals surface area contributed by atoms with Crippen LogP contribution in [0.1, 0.15) is 20.3 Å². The Morgan fingerprint density at radius 2 is 2.10 bits per heavy atom. The van der Waals surface area contributed by atoms with Crippen LogP contribution in [0.15, 0.2) is 24.3 Å². The second kappa shape index (κ2) is 3.49. The van der Waals surface area contributed by atoms with Gasteiger partial charge in [-0.2, -0.15) is 0 Å². The summed E-state index contributed by atoms with van der Waals surface area (Å²) in [6, 6.07) is 0. The molecule has 0 aromatic carbocycles. The molecule has 2 heteroatoms. The average Bonchev–Trinajstić information content (AvgIpc) is 1.81. The highest BCUT2D eigenvalue weighted by Gasteiger charge is 2.21. The summed E-state index contributed by atoms with van der Waals surface area (Å²) in [5, 5.41) is 0. The topological polar surface area (TPSA) is 0 Å². The summed E-state index contributed by atoms with van der Waals surface area (Å²) < 4.78 is 24.5. The largest absolute Gasteiger partial charge is 0.249 e. The van der Waals surface area contributed by atoms with Gasteiger partial charge in [0.15, 0.2) is 0 Å². The van der Waals surface area contributed by atoms with Crippen molar-refractivity contribution in [3.05, 3.63) is 24.3 Å². The first-order chi connectivity index (χ1) is 4.49. The number of halogens is 2. The molecule has 0 spiro atoms. The summed E-state index contributed by atoms with van der Waals surface area (Å²) in [6.07, 6.45) is 2.88. The number of hydrogen-bond donors (Lipinski definition) is 0. The van der Waals surface area contributed by atoms with Crippen molar-refractivity contribution in [3.8, 4) is 0 Å². The molecular weight excluding hydrogens is 134 g/mol. The Labute approximate surface area is 60.2 Å². The van der Waals surface area contributed by atoms with Crippen molar-refractivity contribution in [2.24, 2.45) is 0 Å². The average molecular weight is 146 g/mol. The minimum atomic E-state index is -2.62. The van der Waals surface area contributed by atoms with Crippen molar-refractivity contribution in [3.63, 3.8) is 0 Å². The van der Waals surface area contributed by atoms with Crippen LogP contribution in [0, 0.1) is 0 Å². The maximum atomic E-state index is 12.3. The minimum absolute atomic E-state index is 0.215. The molecular formula is C8H12F2. The molecule has 0 amide bonds. The molecule has 0 bridgehead atoms. The van der Waals surface area contributed by atoms with E-state index in [4.69, 9.17) is 0 Å². The van der Waals surface area contributed by atoms with E-state index in [9.17, 15) is 8.78 Å². The molecule has 0 N–H and O–H groups in total. The van der Waals surface area contributed by atoms with Crippen LogP contribution in [-0.4, -0.2) is 5.92 Å². The Hall–Kier alpha value is -0.660. The first-order valence-corrected chi connectivity index (χ1v) is 3.15. The van der Waals surface area contributed by atoms with E-state index in [1.807, 2.05) is 0 Å². The molecule has 0 saturated heterocycles. The normalized spacial score (nSPS) is 13.4. The summed E-state index contributed by atoms with van der Waals surface area (Å²) in [5.41, 5.74) is 0.590. The fourth-order valence-electron chi connectivity index (χ4n) is 0.651. The maximum absolute atomic E-state index is 12.3. The smallest absolute Gasteiger partial charge is 0.207 e. The molecule has 0 aliphatic rings. The minimum Gasteiger partial charge on any atom is -0.207 e. The summed E-state index contributed by atoms with van der Waals surface area (Å²) in [7, 11) is 0. The lowest BCUT2D eigenvalue weighted by atomic mass is 10.1. The van der Waals surface area contributed by atoms with Crippen LogP contribution in [0.4, 0.5) is 8.78 Å². The molecule has 0 radical (unpaired) electrons. The van der Waals surface area contributed by atoms with Crippen molar-refractivity contribution in [2.45, 2.75) is 26.2 Å². The molecule has 0 aliphatic heterocycles. The monoisotopic (exact) mass is 146 g/mol. The van der Waals surface area contributed by atoms with Gasteiger partial charge < -0.3 is 0 Å². The zero-order chi connectivity index (χ0) is 8.20. The third-order valence-electron chi connectivity index (χ3n) is 1.15. The van der Waals surface area contributed by atoms with Crippen LogP contribution in [-0.2, 0) is 0 Å². The summed E-state index contributed by atoms with van der Waals surface area (Å²) in [4.78, 5) is 0. The predicted molar refractivity (Wildman–Crippen MR) is 39.2 cm³/mol. The molecule has 0 aromatic heterocycles. The molecule has 10 heavy (non-hydrogen) atoms. The maximum Gasteiger partial charge on any atom is 0.249 e. The van der Waals surface area contributed by atoms with Gasteiger partial charge in [0.25, 0.3) is 0 Å². The summed E-state index contributed by atoms with van der Waals surface area (Å²) in [6.45, 7) is 6.04. The van der Waals surface area contributed by atoms with Crippen LogP contribution in [0.3, 0.4) is 0 Å². The lowest BCUT2D eigenvalue weighted by Gasteiger charge is -2.09. The molecule has 0 unspecified atom stereocenters. The van der Waals surface area contributed by atoms with E-state index in [0.717, 1.165) is 6.92 Å². The van der Waals surface area contributed by atoms with Crippen molar-refractivity contribution < 1.29 is 8.78 Å². The zero-order valence-electron chi connectivity index (χ0n) is 6.32. The van der Waals surface area contributed by atoms with Gasteiger partial charge in [0.2, 0.25) is 5.92 Å². The zero-order valence-corrected chi connectivity index (χ0v) is 6.32. The van der Waals surface area contributed by atoms with Crippen LogP contribution in [0.5, 0.6) is 0 Å². The van der Waals surface area contributed by atoms with Gasteiger partial charge in [-0.3, -0.25) is 0 Å². The van der Waals surface area contributed by atoms with Gasteiger partial charge >= 0.3 is 0 Å². The predicted octanol–water partition coefficient (Wildman–Crippen LogP) is 3.16. The Balaban J connectivity index is 4.01. The van der Waals surface area contributed by atoms with Gasteiger partial charge in [-0.25, -0.2) is 8.78 Å². The number of rotatable bonds is 3. The first kappa shape index (κ1) is 9.34. The van der Waals surface area contributed by atoms with Gasteiger partial charge in [0.05, 0.1) is 0 Å². The highest BCUT2D eigenvalue weighted by atomic mass is 19.3. The van der Waals surface area contributed by atoms with E-state index in [2.05, 4.69) is 6.58 Å². The highest BCUT2D eigenvalue weighted by Crippen LogP contribution is 2.22. The van der Waals surface area contributed by atoms with Crippen molar-refractivity contribution in [2.75, 3.05) is 0 Å². The van der Waals surface area contributed by atoms with Crippen molar-refractivity contribution in [1.82, 2.24) is 0 Å². The molecule has 0 aliphatic carbocycles. The standard InChI is InChI=1S/C8H12F2/c1-4-7(5-2)6-8(3,9)10/h4-5H,1,6H2,2-3H3/b7-5+. The number of alkyl halides is 2. The molecule has 58 valence electrons. The van der Waals surface area contributed by atoms with E-state index >= 15 is 0 Å². The van der Waals surface area contributed by atoms with Gasteiger partial charge in [-0.1, -0.05) is 18.7 Å². The van der Waals surface area contributed by atoms with Crippen molar-refractivity contribution in [1.29, 1.82) is 0 Å². The second-order valence-corrected chi connectivity index (χ2v) is 2.31. The SMILES string of the molecule is C=C/C(=C\C)CC(C)(F)F. The summed E-state index contributed by atoms with van der Waals surface area (Å²) in [5.74, 6) is -2.62. The molecule has 0 saturated carbocycles. The highest BCUT2D eigenvalue weighted by molar-refractivity contribution is 5.16. The molecule has 0 atom stereocenters. The van der Waals surface area contributed by atoms with Crippen molar-refractivity contribution >= 4 is 0 Å². The van der Waals surface area contributed by atoms with Gasteiger partial charge in [-0.15, -0.1) is 0 Å². The van der Waals surface area contributed by atoms with Crippen LogP contribution in [0.25, 0.3) is 0 Å². The van der Waals surface area contributed by atoms with Gasteiger partial charge in [-0.05, 0) is 19.4 Å². The molecule has 0 nitrogen and oxygen atoms in total. The Kier molecular flexibility index (Phi) is 3.26. The van der Waals surface area contributed by atoms with Crippen LogP contribution < -0.4 is 0 Å². The van der Waals surface area contributed by atoms with E-state index in [0.29, 0.717) is 5.57 Å². The molecule has 0 aromatic rings. The molecule has 0 heterocycles. The third kappa shape index (κ3) is 4.24. The third-order valence-corrected chi connectivity index (χ3v) is 1.15. The van der Waals surface area contributed by atoms with E-state index < -0.39 is 5.92 Å². The Morgan fingerprint density at radius 1 is 1.60 bits per heavy atom. The number of allylic oxidation sites excluding steroid dienone is 3. The Bertz CT molecular complexity index is 140. The van der Waals surface area contributed by atoms with E-state index in [1.165, 1.54) is 6.08 Å². The van der Waals surface area contributed by atoms with Crippen LogP contribution in [0.2, 0.25) is 0 Å². The molecule has 0 fully saturated rings. The molecule has 0 rings (SSSR count). The van der Waals surface area contributed by atoms with Crippen LogP contribution >= 0.6 is 0 Å². The number of hydrogen-bond acceptors (Lipinski definition) is 0. The second-order valence-electron chi connectivity index (χ2n) is 2.31. The quantitative estimate of drug-likeness (QED) is 0.536.